The molecule has 3 rings (SSSR count). The zero-order valence-electron chi connectivity index (χ0n) is 14.0. The van der Waals surface area contributed by atoms with Gasteiger partial charge in [-0.2, -0.15) is 10.1 Å². The molecule has 26 heavy (non-hydrogen) atoms. The average Bonchev–Trinajstić information content (AvgIpc) is 2.64. The van der Waals surface area contributed by atoms with Gasteiger partial charge in [-0.3, -0.25) is 0 Å². The molecule has 1 heterocycles. The smallest absolute Gasteiger partial charge is 0.364 e. The van der Waals surface area contributed by atoms with Crippen LogP contribution >= 0.6 is 0 Å². The number of nitrogens with zero attached hydrogens (tertiary/aromatic N) is 3. The second kappa shape index (κ2) is 7.13. The normalized spacial score (nSPS) is 13.6. The van der Waals surface area contributed by atoms with Gasteiger partial charge < -0.3 is 5.11 Å². The van der Waals surface area contributed by atoms with Crippen LogP contribution in [0.25, 0.3) is 22.5 Å². The van der Waals surface area contributed by atoms with E-state index in [2.05, 4.69) is 10.1 Å². The van der Waals surface area contributed by atoms with Crippen molar-refractivity contribution in [3.63, 3.8) is 0 Å². The molecule has 7 heteroatoms. The van der Waals surface area contributed by atoms with Crippen molar-refractivity contribution in [1.82, 2.24) is 14.8 Å². The van der Waals surface area contributed by atoms with Crippen LogP contribution in [-0.4, -0.2) is 31.9 Å². The monoisotopic (exact) mass is 357 g/mol. The first-order valence-corrected chi connectivity index (χ1v) is 7.99. The van der Waals surface area contributed by atoms with Gasteiger partial charge in [-0.25, -0.2) is 18.3 Å². The van der Waals surface area contributed by atoms with E-state index in [4.69, 9.17) is 0 Å². The molecule has 0 saturated carbocycles. The van der Waals surface area contributed by atoms with Crippen LogP contribution in [0.3, 0.4) is 0 Å². The molecule has 0 spiro atoms. The van der Waals surface area contributed by atoms with Gasteiger partial charge in [-0.15, -0.1) is 0 Å². The van der Waals surface area contributed by atoms with Crippen LogP contribution in [0.2, 0.25) is 0 Å². The minimum Gasteiger partial charge on any atom is -0.382 e. The molecule has 5 nitrogen and oxygen atoms in total. The summed E-state index contributed by atoms with van der Waals surface area (Å²) in [7, 11) is 0. The molecule has 0 aliphatic rings. The Morgan fingerprint density at radius 2 is 1.50 bits per heavy atom. The first-order valence-electron chi connectivity index (χ1n) is 7.99. The number of aliphatic hydroxyl groups is 1. The van der Waals surface area contributed by atoms with Crippen molar-refractivity contribution in [2.24, 2.45) is 0 Å². The van der Waals surface area contributed by atoms with Gasteiger partial charge >= 0.3 is 5.69 Å². The third kappa shape index (κ3) is 3.67. The van der Waals surface area contributed by atoms with Crippen molar-refractivity contribution in [3.8, 4) is 22.5 Å². The molecule has 0 radical (unpaired) electrons. The summed E-state index contributed by atoms with van der Waals surface area (Å²) in [6, 6.07) is 18.0. The zero-order chi connectivity index (χ0) is 18.7. The molecule has 1 atom stereocenters. The summed E-state index contributed by atoms with van der Waals surface area (Å²) in [6.07, 6.45) is -3.02. The quantitative estimate of drug-likeness (QED) is 0.762. The Kier molecular flexibility index (Phi) is 4.90. The highest BCUT2D eigenvalue weighted by Gasteiger charge is 2.34. The molecule has 134 valence electrons. The van der Waals surface area contributed by atoms with Crippen molar-refractivity contribution in [1.29, 1.82) is 0 Å². The van der Waals surface area contributed by atoms with Gasteiger partial charge in [0.2, 0.25) is 0 Å². The van der Waals surface area contributed by atoms with Crippen molar-refractivity contribution < 1.29 is 13.9 Å². The molecule has 0 bridgehead atoms. The summed E-state index contributed by atoms with van der Waals surface area (Å²) in [6.45, 7) is 0.296. The minimum absolute atomic E-state index is 0.356. The summed E-state index contributed by atoms with van der Waals surface area (Å²) >= 11 is 0. The second-order valence-electron chi connectivity index (χ2n) is 6.14. The Labute approximate surface area is 148 Å². The van der Waals surface area contributed by atoms with Crippen LogP contribution in [0.5, 0.6) is 0 Å². The fourth-order valence-electron chi connectivity index (χ4n) is 2.48. The first-order chi connectivity index (χ1) is 12.4. The lowest BCUT2D eigenvalue weighted by Crippen LogP contribution is -2.43. The highest BCUT2D eigenvalue weighted by Crippen LogP contribution is 2.27. The SMILES string of the molecule is CC(O)(Cn1nc(-c2ccccc2)c(-c2ccccc2)nc1=O)C(F)F. The van der Waals surface area contributed by atoms with E-state index in [1.54, 1.807) is 48.5 Å². The summed E-state index contributed by atoms with van der Waals surface area (Å²) < 4.78 is 26.7. The van der Waals surface area contributed by atoms with Gasteiger partial charge in [-0.05, 0) is 6.92 Å². The largest absolute Gasteiger partial charge is 0.382 e. The van der Waals surface area contributed by atoms with E-state index in [-0.39, 0.29) is 0 Å². The Morgan fingerprint density at radius 3 is 2.00 bits per heavy atom. The van der Waals surface area contributed by atoms with Crippen LogP contribution in [0.1, 0.15) is 6.92 Å². The van der Waals surface area contributed by atoms with E-state index in [1.165, 1.54) is 0 Å². The van der Waals surface area contributed by atoms with Gasteiger partial charge in [0, 0.05) is 11.1 Å². The Hall–Kier alpha value is -2.93. The van der Waals surface area contributed by atoms with Gasteiger partial charge in [-0.1, -0.05) is 60.7 Å². The van der Waals surface area contributed by atoms with Crippen LogP contribution in [-0.2, 0) is 6.54 Å². The maximum absolute atomic E-state index is 13.0. The highest BCUT2D eigenvalue weighted by molar-refractivity contribution is 5.77. The van der Waals surface area contributed by atoms with Gasteiger partial charge in [0.05, 0.1) is 6.54 Å². The molecule has 1 aromatic heterocycles. The summed E-state index contributed by atoms with van der Waals surface area (Å²) in [5.41, 5.74) is -1.09. The van der Waals surface area contributed by atoms with E-state index in [0.717, 1.165) is 11.6 Å². The van der Waals surface area contributed by atoms with Crippen molar-refractivity contribution >= 4 is 0 Å². The number of alkyl halides is 2. The predicted molar refractivity (Wildman–Crippen MR) is 93.8 cm³/mol. The maximum Gasteiger partial charge on any atom is 0.364 e. The number of rotatable bonds is 5. The predicted octanol–water partition coefficient (Wildman–Crippen LogP) is 2.99. The molecule has 0 saturated heterocycles. The fourth-order valence-corrected chi connectivity index (χ4v) is 2.48. The Bertz CT molecular complexity index is 942. The number of halogens is 2. The maximum atomic E-state index is 13.0. The molecule has 1 unspecified atom stereocenters. The van der Waals surface area contributed by atoms with Gasteiger partial charge in [0.1, 0.15) is 17.0 Å². The Balaban J connectivity index is 2.18. The number of benzene rings is 2. The number of hydrogen-bond acceptors (Lipinski definition) is 4. The topological polar surface area (TPSA) is 68.0 Å². The molecular formula is C19H17F2N3O2. The molecular weight excluding hydrogens is 340 g/mol. The lowest BCUT2D eigenvalue weighted by molar-refractivity contribution is -0.0952. The van der Waals surface area contributed by atoms with Crippen molar-refractivity contribution in [2.45, 2.75) is 25.5 Å². The van der Waals surface area contributed by atoms with Gasteiger partial charge in [0.15, 0.2) is 0 Å². The lowest BCUT2D eigenvalue weighted by atomic mass is 10.0. The van der Waals surface area contributed by atoms with Crippen LogP contribution < -0.4 is 5.69 Å². The van der Waals surface area contributed by atoms with E-state index >= 15 is 0 Å². The molecule has 3 aromatic rings. The summed E-state index contributed by atoms with van der Waals surface area (Å²) in [4.78, 5) is 16.4. The summed E-state index contributed by atoms with van der Waals surface area (Å²) in [5, 5.41) is 14.1. The van der Waals surface area contributed by atoms with Crippen LogP contribution in [0.15, 0.2) is 65.5 Å². The van der Waals surface area contributed by atoms with Crippen molar-refractivity contribution in [3.05, 3.63) is 71.1 Å². The number of aromatic nitrogens is 3. The molecule has 1 N–H and O–H groups in total. The van der Waals surface area contributed by atoms with Gasteiger partial charge in [0.25, 0.3) is 6.43 Å². The van der Waals surface area contributed by atoms with Crippen molar-refractivity contribution in [2.75, 3.05) is 0 Å². The molecule has 0 amide bonds. The zero-order valence-corrected chi connectivity index (χ0v) is 14.0. The minimum atomic E-state index is -3.02. The first kappa shape index (κ1) is 17.9. The average molecular weight is 357 g/mol. The van der Waals surface area contributed by atoms with Crippen LogP contribution in [0.4, 0.5) is 8.78 Å². The standard InChI is InChI=1S/C19H17F2N3O2/c1-19(26,17(20)21)12-24-18(25)22-15(13-8-4-2-5-9-13)16(23-24)14-10-6-3-7-11-14/h2-11,17,26H,12H2,1H3. The fraction of sp³-hybridized carbons (Fsp3) is 0.211. The van der Waals surface area contributed by atoms with E-state index in [9.17, 15) is 18.7 Å². The number of hydrogen-bond donors (Lipinski definition) is 1. The van der Waals surface area contributed by atoms with Crippen LogP contribution in [0, 0.1) is 0 Å². The highest BCUT2D eigenvalue weighted by atomic mass is 19.3. The summed E-state index contributed by atoms with van der Waals surface area (Å²) in [5.74, 6) is 0. The molecule has 2 aromatic carbocycles. The third-order valence-corrected chi connectivity index (χ3v) is 3.91. The third-order valence-electron chi connectivity index (χ3n) is 3.91. The second-order valence-corrected chi connectivity index (χ2v) is 6.14. The van der Waals surface area contributed by atoms with E-state index in [0.29, 0.717) is 22.5 Å². The van der Waals surface area contributed by atoms with E-state index < -0.39 is 24.3 Å². The lowest BCUT2D eigenvalue weighted by Gasteiger charge is -2.22. The molecule has 0 fully saturated rings. The Morgan fingerprint density at radius 1 is 1.00 bits per heavy atom. The molecule has 0 aliphatic carbocycles. The van der Waals surface area contributed by atoms with E-state index in [1.807, 2.05) is 12.1 Å². The molecule has 0 aliphatic heterocycles.